The summed E-state index contributed by atoms with van der Waals surface area (Å²) in [5, 5.41) is 3.64. The topological polar surface area (TPSA) is 45.3 Å². The molecule has 0 atom stereocenters. The summed E-state index contributed by atoms with van der Waals surface area (Å²) >= 11 is 0. The van der Waals surface area contributed by atoms with Crippen molar-refractivity contribution in [2.75, 3.05) is 5.43 Å². The van der Waals surface area contributed by atoms with Crippen molar-refractivity contribution in [1.29, 1.82) is 0 Å². The molecule has 0 amide bonds. The molecule has 4 heteroatoms. The van der Waals surface area contributed by atoms with E-state index in [0.717, 1.165) is 18.5 Å². The number of hydrogen-bond donors (Lipinski definition) is 3. The average molecular weight is 263 g/mol. The normalized spacial score (nSPS) is 22.1. The molecule has 1 aliphatic heterocycles. The Labute approximate surface area is 115 Å². The third-order valence-corrected chi connectivity index (χ3v) is 3.35. The van der Waals surface area contributed by atoms with Gasteiger partial charge in [-0.3, -0.25) is 10.3 Å². The zero-order valence-electron chi connectivity index (χ0n) is 12.3. The van der Waals surface area contributed by atoms with Crippen LogP contribution in [0.3, 0.4) is 0 Å². The first-order valence-corrected chi connectivity index (χ1v) is 6.87. The minimum atomic E-state index is 0.0981. The largest absolute Gasteiger partial charge is 0.307 e. The van der Waals surface area contributed by atoms with Gasteiger partial charge in [0.15, 0.2) is 0 Å². The Bertz CT molecular complexity index is 387. The van der Waals surface area contributed by atoms with Crippen LogP contribution in [0.15, 0.2) is 30.3 Å². The lowest BCUT2D eigenvalue weighted by molar-refractivity contribution is -0.0659. The van der Waals surface area contributed by atoms with Crippen LogP contribution in [0.4, 0.5) is 5.69 Å². The maximum absolute atomic E-state index is 5.76. The van der Waals surface area contributed by atoms with Crippen molar-refractivity contribution in [2.45, 2.75) is 57.7 Å². The van der Waals surface area contributed by atoms with Crippen LogP contribution in [0.25, 0.3) is 0 Å². The average Bonchev–Trinajstić information content (AvgIpc) is 2.26. The van der Waals surface area contributed by atoms with Crippen molar-refractivity contribution >= 4 is 5.69 Å². The van der Waals surface area contributed by atoms with Crippen LogP contribution in [-0.2, 0) is 4.84 Å². The van der Waals surface area contributed by atoms with E-state index in [1.165, 1.54) is 0 Å². The van der Waals surface area contributed by atoms with Crippen molar-refractivity contribution in [3.63, 3.8) is 0 Å². The first kappa shape index (κ1) is 14.3. The fraction of sp³-hybridized carbons (Fsp3) is 0.600. The molecular weight excluding hydrogens is 238 g/mol. The Hall–Kier alpha value is -1.10. The van der Waals surface area contributed by atoms with Gasteiger partial charge in [0.05, 0.1) is 11.8 Å². The van der Waals surface area contributed by atoms with Crippen molar-refractivity contribution in [3.05, 3.63) is 30.3 Å². The van der Waals surface area contributed by atoms with E-state index in [1.807, 2.05) is 30.3 Å². The van der Waals surface area contributed by atoms with Gasteiger partial charge in [-0.1, -0.05) is 18.2 Å². The monoisotopic (exact) mass is 263 g/mol. The highest BCUT2D eigenvalue weighted by Gasteiger charge is 2.38. The lowest BCUT2D eigenvalue weighted by atomic mass is 9.81. The number of benzene rings is 1. The van der Waals surface area contributed by atoms with Gasteiger partial charge in [-0.25, -0.2) is 0 Å². The summed E-state index contributed by atoms with van der Waals surface area (Å²) in [5.74, 6) is 0. The maximum atomic E-state index is 5.76. The molecule has 0 bridgehead atoms. The van der Waals surface area contributed by atoms with E-state index >= 15 is 0 Å². The predicted octanol–water partition coefficient (Wildman–Crippen LogP) is 2.84. The van der Waals surface area contributed by atoms with Crippen LogP contribution in [0.5, 0.6) is 0 Å². The zero-order chi connectivity index (χ0) is 13.9. The molecule has 106 valence electrons. The Morgan fingerprint density at radius 2 is 1.63 bits per heavy atom. The third kappa shape index (κ3) is 4.49. The van der Waals surface area contributed by atoms with Gasteiger partial charge in [0.2, 0.25) is 0 Å². The van der Waals surface area contributed by atoms with E-state index in [4.69, 9.17) is 4.84 Å². The van der Waals surface area contributed by atoms with Gasteiger partial charge in [0.25, 0.3) is 0 Å². The van der Waals surface area contributed by atoms with E-state index in [9.17, 15) is 0 Å². The van der Waals surface area contributed by atoms with Gasteiger partial charge >= 0.3 is 0 Å². The Kier molecular flexibility index (Phi) is 4.13. The van der Waals surface area contributed by atoms with E-state index in [1.54, 1.807) is 0 Å². The number of anilines is 1. The van der Waals surface area contributed by atoms with E-state index in [-0.39, 0.29) is 17.2 Å². The van der Waals surface area contributed by atoms with Crippen LogP contribution >= 0.6 is 0 Å². The molecule has 3 N–H and O–H groups in total. The smallest absolute Gasteiger partial charge is 0.0846 e. The van der Waals surface area contributed by atoms with Gasteiger partial charge < -0.3 is 5.32 Å². The molecule has 0 aromatic heterocycles. The summed E-state index contributed by atoms with van der Waals surface area (Å²) in [6.07, 6.45) is 2.17. The van der Waals surface area contributed by atoms with Crippen molar-refractivity contribution in [3.8, 4) is 0 Å². The number of piperidine rings is 1. The Balaban J connectivity index is 1.82. The summed E-state index contributed by atoms with van der Waals surface area (Å²) < 4.78 is 0. The highest BCUT2D eigenvalue weighted by molar-refractivity contribution is 5.40. The fourth-order valence-electron chi connectivity index (χ4n) is 3.01. The Morgan fingerprint density at radius 3 is 2.21 bits per heavy atom. The van der Waals surface area contributed by atoms with E-state index < -0.39 is 0 Å². The highest BCUT2D eigenvalue weighted by atomic mass is 16.7. The second-order valence-electron chi connectivity index (χ2n) is 6.63. The van der Waals surface area contributed by atoms with Crippen molar-refractivity contribution in [2.24, 2.45) is 0 Å². The minimum absolute atomic E-state index is 0.0981. The molecule has 0 radical (unpaired) electrons. The predicted molar refractivity (Wildman–Crippen MR) is 78.6 cm³/mol. The molecule has 1 fully saturated rings. The van der Waals surface area contributed by atoms with E-state index in [0.29, 0.717) is 0 Å². The molecule has 0 spiro atoms. The summed E-state index contributed by atoms with van der Waals surface area (Å²) in [6, 6.07) is 9.95. The summed E-state index contributed by atoms with van der Waals surface area (Å²) in [6.45, 7) is 8.87. The van der Waals surface area contributed by atoms with E-state index in [2.05, 4.69) is 44.0 Å². The van der Waals surface area contributed by atoms with Gasteiger partial charge in [-0.15, -0.1) is 5.59 Å². The molecule has 1 aromatic carbocycles. The summed E-state index contributed by atoms with van der Waals surface area (Å²) in [4.78, 5) is 5.76. The van der Waals surface area contributed by atoms with Gasteiger partial charge in [-0.2, -0.15) is 0 Å². The number of rotatable bonds is 4. The van der Waals surface area contributed by atoms with Crippen LogP contribution in [0.1, 0.15) is 40.5 Å². The molecule has 0 saturated carbocycles. The molecular formula is C15H25N3O. The molecule has 1 saturated heterocycles. The number of hydrogen-bond acceptors (Lipinski definition) is 4. The Morgan fingerprint density at radius 1 is 1.05 bits per heavy atom. The molecule has 1 heterocycles. The molecule has 0 aliphatic carbocycles. The molecule has 1 aliphatic rings. The summed E-state index contributed by atoms with van der Waals surface area (Å²) in [7, 11) is 0. The second kappa shape index (κ2) is 5.49. The minimum Gasteiger partial charge on any atom is -0.307 e. The van der Waals surface area contributed by atoms with Crippen LogP contribution in [0.2, 0.25) is 0 Å². The standard InChI is InChI=1S/C15H25N3O/c1-14(2)10-13(11-15(3,4)17-14)19-18-16-12-8-6-5-7-9-12/h5-9,13,16-18H,10-11H2,1-4H3. The zero-order valence-corrected chi connectivity index (χ0v) is 12.3. The van der Waals surface area contributed by atoms with Crippen LogP contribution in [-0.4, -0.2) is 17.2 Å². The lowest BCUT2D eigenvalue weighted by Crippen LogP contribution is -2.60. The SMILES string of the molecule is CC1(C)CC(ONNc2ccccc2)CC(C)(C)N1. The van der Waals surface area contributed by atoms with Crippen LogP contribution < -0.4 is 16.3 Å². The highest BCUT2D eigenvalue weighted by Crippen LogP contribution is 2.29. The van der Waals surface area contributed by atoms with Gasteiger partial charge in [0.1, 0.15) is 0 Å². The number of hydrazine groups is 1. The van der Waals surface area contributed by atoms with Gasteiger partial charge in [-0.05, 0) is 52.7 Å². The lowest BCUT2D eigenvalue weighted by Gasteiger charge is -2.45. The number of para-hydroxylation sites is 1. The molecule has 4 nitrogen and oxygen atoms in total. The second-order valence-corrected chi connectivity index (χ2v) is 6.63. The van der Waals surface area contributed by atoms with Gasteiger partial charge in [0, 0.05) is 11.1 Å². The molecule has 19 heavy (non-hydrogen) atoms. The molecule has 2 rings (SSSR count). The fourth-order valence-corrected chi connectivity index (χ4v) is 3.01. The molecule has 1 aromatic rings. The van der Waals surface area contributed by atoms with Crippen LogP contribution in [0, 0.1) is 0 Å². The first-order chi connectivity index (χ1) is 8.86. The third-order valence-electron chi connectivity index (χ3n) is 3.35. The first-order valence-electron chi connectivity index (χ1n) is 6.87. The maximum Gasteiger partial charge on any atom is 0.0846 e. The van der Waals surface area contributed by atoms with Crippen molar-refractivity contribution < 1.29 is 4.84 Å². The summed E-state index contributed by atoms with van der Waals surface area (Å²) in [5.41, 5.74) is 7.11. The molecule has 0 unspecified atom stereocenters. The number of nitrogens with one attached hydrogen (secondary N) is 3. The van der Waals surface area contributed by atoms with Crippen molar-refractivity contribution in [1.82, 2.24) is 10.9 Å². The quantitative estimate of drug-likeness (QED) is 0.731.